The lowest BCUT2D eigenvalue weighted by atomic mass is 9.98. The number of nitrogens with one attached hydrogen (secondary N) is 1. The molecule has 4 heterocycles. The highest BCUT2D eigenvalue weighted by atomic mass is 32.1. The van der Waals surface area contributed by atoms with Crippen molar-refractivity contribution in [1.29, 1.82) is 0 Å². The monoisotopic (exact) mass is 346 g/mol. The molecule has 126 valence electrons. The molecule has 1 aliphatic rings. The fraction of sp³-hybridized carbons (Fsp3) is 0.467. The summed E-state index contributed by atoms with van der Waals surface area (Å²) in [4.78, 5) is 29.8. The van der Waals surface area contributed by atoms with Gasteiger partial charge in [-0.25, -0.2) is 14.5 Å². The fourth-order valence-electron chi connectivity index (χ4n) is 3.11. The van der Waals surface area contributed by atoms with Crippen molar-refractivity contribution in [3.63, 3.8) is 0 Å². The highest BCUT2D eigenvalue weighted by molar-refractivity contribution is 7.15. The van der Waals surface area contributed by atoms with E-state index in [4.69, 9.17) is 0 Å². The van der Waals surface area contributed by atoms with Gasteiger partial charge in [0.1, 0.15) is 5.82 Å². The van der Waals surface area contributed by atoms with Gasteiger partial charge in [0.2, 0.25) is 5.91 Å². The van der Waals surface area contributed by atoms with Gasteiger partial charge in [-0.3, -0.25) is 13.8 Å². The van der Waals surface area contributed by atoms with Crippen LogP contribution in [0.4, 0.5) is 0 Å². The molecule has 3 aromatic heterocycles. The molecule has 0 aliphatic carbocycles. The van der Waals surface area contributed by atoms with Crippen LogP contribution in [-0.4, -0.2) is 36.2 Å². The van der Waals surface area contributed by atoms with E-state index in [1.54, 1.807) is 23.0 Å². The molecule has 1 amide bonds. The molecule has 0 saturated carbocycles. The molecular weight excluding hydrogens is 328 g/mol. The van der Waals surface area contributed by atoms with Crippen molar-refractivity contribution in [2.45, 2.75) is 25.8 Å². The Kier molecular flexibility index (Phi) is 3.72. The van der Waals surface area contributed by atoms with E-state index in [2.05, 4.69) is 15.4 Å². The van der Waals surface area contributed by atoms with Crippen LogP contribution in [-0.2, 0) is 31.2 Å². The second-order valence-corrected chi connectivity index (χ2v) is 6.91. The normalized spacial score (nSPS) is 17.1. The van der Waals surface area contributed by atoms with E-state index in [-0.39, 0.29) is 17.5 Å². The van der Waals surface area contributed by atoms with Crippen molar-refractivity contribution in [2.24, 2.45) is 13.0 Å². The average molecular weight is 346 g/mol. The van der Waals surface area contributed by atoms with E-state index in [1.165, 1.54) is 4.68 Å². The molecular formula is C15H18N6O2S. The molecule has 1 N–H and O–H groups in total. The number of imidazole rings is 1. The SMILES string of the molecule is Cn1nc2n(c1=O)C[C@@H](C(=O)NCCc1cn3ccsc3n1)CC2. The van der Waals surface area contributed by atoms with Crippen molar-refractivity contribution in [3.05, 3.63) is 39.8 Å². The van der Waals surface area contributed by atoms with E-state index in [1.807, 2.05) is 22.2 Å². The average Bonchev–Trinajstić information content (AvgIpc) is 3.22. The molecule has 4 rings (SSSR count). The summed E-state index contributed by atoms with van der Waals surface area (Å²) in [6, 6.07) is 0. The van der Waals surface area contributed by atoms with Gasteiger partial charge in [0.15, 0.2) is 4.96 Å². The first-order valence-corrected chi connectivity index (χ1v) is 8.81. The third-order valence-corrected chi connectivity index (χ3v) is 5.17. The van der Waals surface area contributed by atoms with Gasteiger partial charge >= 0.3 is 5.69 Å². The van der Waals surface area contributed by atoms with Gasteiger partial charge in [-0.05, 0) is 6.42 Å². The zero-order valence-corrected chi connectivity index (χ0v) is 14.1. The van der Waals surface area contributed by atoms with Crippen molar-refractivity contribution >= 4 is 22.2 Å². The minimum absolute atomic E-state index is 0.00239. The van der Waals surface area contributed by atoms with Crippen LogP contribution in [0.25, 0.3) is 4.96 Å². The van der Waals surface area contributed by atoms with Crippen LogP contribution in [0.15, 0.2) is 22.6 Å². The van der Waals surface area contributed by atoms with Gasteiger partial charge in [-0.15, -0.1) is 11.3 Å². The van der Waals surface area contributed by atoms with Gasteiger partial charge in [0, 0.05) is 50.8 Å². The second kappa shape index (κ2) is 5.90. The van der Waals surface area contributed by atoms with E-state index in [0.29, 0.717) is 25.9 Å². The lowest BCUT2D eigenvalue weighted by Crippen LogP contribution is -2.39. The summed E-state index contributed by atoms with van der Waals surface area (Å²) in [5.41, 5.74) is 0.817. The molecule has 1 atom stereocenters. The molecule has 0 aromatic carbocycles. The van der Waals surface area contributed by atoms with Gasteiger partial charge in [0.25, 0.3) is 0 Å². The lowest BCUT2D eigenvalue weighted by Gasteiger charge is -2.21. The third-order valence-electron chi connectivity index (χ3n) is 4.40. The summed E-state index contributed by atoms with van der Waals surface area (Å²) in [6.07, 6.45) is 6.04. The summed E-state index contributed by atoms with van der Waals surface area (Å²) < 4.78 is 4.93. The van der Waals surface area contributed by atoms with E-state index in [9.17, 15) is 9.59 Å². The summed E-state index contributed by atoms with van der Waals surface area (Å²) in [5, 5.41) is 9.15. The molecule has 0 fully saturated rings. The van der Waals surface area contributed by atoms with Crippen LogP contribution < -0.4 is 11.0 Å². The topological polar surface area (TPSA) is 86.2 Å². The molecule has 0 bridgehead atoms. The first kappa shape index (κ1) is 15.1. The Labute approximate surface area is 141 Å². The number of thiazole rings is 1. The quantitative estimate of drug-likeness (QED) is 0.732. The Morgan fingerprint density at radius 3 is 3.21 bits per heavy atom. The van der Waals surface area contributed by atoms with Crippen LogP contribution in [0.1, 0.15) is 17.9 Å². The van der Waals surface area contributed by atoms with E-state index in [0.717, 1.165) is 22.9 Å². The van der Waals surface area contributed by atoms with Crippen molar-refractivity contribution < 1.29 is 4.79 Å². The van der Waals surface area contributed by atoms with Crippen molar-refractivity contribution in [2.75, 3.05) is 6.54 Å². The highest BCUT2D eigenvalue weighted by Gasteiger charge is 2.27. The van der Waals surface area contributed by atoms with Crippen molar-refractivity contribution in [3.8, 4) is 0 Å². The number of rotatable bonds is 4. The zero-order chi connectivity index (χ0) is 16.7. The Bertz CT molecular complexity index is 920. The Balaban J connectivity index is 1.34. The molecule has 3 aromatic rings. The van der Waals surface area contributed by atoms with Crippen LogP contribution in [0.2, 0.25) is 0 Å². The van der Waals surface area contributed by atoms with Crippen LogP contribution in [0.3, 0.4) is 0 Å². The number of carbonyl (C=O) groups is 1. The molecule has 0 radical (unpaired) electrons. The maximum absolute atomic E-state index is 12.4. The number of aromatic nitrogens is 5. The summed E-state index contributed by atoms with van der Waals surface area (Å²) in [5.74, 6) is 0.590. The smallest absolute Gasteiger partial charge is 0.345 e. The Hall–Kier alpha value is -2.42. The summed E-state index contributed by atoms with van der Waals surface area (Å²) in [7, 11) is 1.64. The van der Waals surface area contributed by atoms with E-state index < -0.39 is 0 Å². The minimum atomic E-state index is -0.176. The summed E-state index contributed by atoms with van der Waals surface area (Å²) >= 11 is 1.59. The highest BCUT2D eigenvalue weighted by Crippen LogP contribution is 2.17. The maximum atomic E-state index is 12.4. The number of hydrogen-bond acceptors (Lipinski definition) is 5. The molecule has 0 unspecified atom stereocenters. The Morgan fingerprint density at radius 1 is 1.50 bits per heavy atom. The first-order chi connectivity index (χ1) is 11.6. The Morgan fingerprint density at radius 2 is 2.38 bits per heavy atom. The number of carbonyl (C=O) groups excluding carboxylic acids is 1. The number of amides is 1. The van der Waals surface area contributed by atoms with Crippen LogP contribution in [0, 0.1) is 5.92 Å². The van der Waals surface area contributed by atoms with Crippen molar-refractivity contribution in [1.82, 2.24) is 29.0 Å². The van der Waals surface area contributed by atoms with Gasteiger partial charge < -0.3 is 5.32 Å². The largest absolute Gasteiger partial charge is 0.355 e. The van der Waals surface area contributed by atoms with Gasteiger partial charge in [-0.2, -0.15) is 5.10 Å². The molecule has 0 saturated heterocycles. The predicted octanol–water partition coefficient (Wildman–Crippen LogP) is 0.212. The lowest BCUT2D eigenvalue weighted by molar-refractivity contribution is -0.125. The fourth-order valence-corrected chi connectivity index (χ4v) is 3.83. The minimum Gasteiger partial charge on any atom is -0.355 e. The number of fused-ring (bicyclic) bond motifs is 2. The molecule has 0 spiro atoms. The number of hydrogen-bond donors (Lipinski definition) is 1. The maximum Gasteiger partial charge on any atom is 0.345 e. The van der Waals surface area contributed by atoms with Gasteiger partial charge in [0.05, 0.1) is 11.6 Å². The standard InChI is InChI=1S/C15H18N6O2S/c1-19-15(23)21-8-10(2-3-12(21)18-19)13(22)16-5-4-11-9-20-6-7-24-14(20)17-11/h6-7,9-10H,2-5,8H2,1H3,(H,16,22)/t10-/m0/s1. The predicted molar refractivity (Wildman–Crippen MR) is 89.1 cm³/mol. The van der Waals surface area contributed by atoms with Crippen LogP contribution in [0.5, 0.6) is 0 Å². The molecule has 1 aliphatic heterocycles. The molecule has 9 heteroatoms. The molecule has 8 nitrogen and oxygen atoms in total. The third kappa shape index (κ3) is 2.64. The summed E-state index contributed by atoms with van der Waals surface area (Å²) in [6.45, 7) is 0.961. The second-order valence-electron chi connectivity index (χ2n) is 6.03. The van der Waals surface area contributed by atoms with Gasteiger partial charge in [-0.1, -0.05) is 0 Å². The van der Waals surface area contributed by atoms with Crippen LogP contribution >= 0.6 is 11.3 Å². The first-order valence-electron chi connectivity index (χ1n) is 7.93. The number of aryl methyl sites for hydroxylation is 2. The van der Waals surface area contributed by atoms with E-state index >= 15 is 0 Å². The zero-order valence-electron chi connectivity index (χ0n) is 13.3. The molecule has 24 heavy (non-hydrogen) atoms. The number of nitrogens with zero attached hydrogens (tertiary/aromatic N) is 5.